The molecule has 16 heteroatoms. The first-order valence-corrected chi connectivity index (χ1v) is 16.7. The fourth-order valence-corrected chi connectivity index (χ4v) is 6.47. The molecule has 0 amide bonds. The first-order valence-electron chi connectivity index (χ1n) is 16.7. The highest BCUT2D eigenvalue weighted by Crippen LogP contribution is 2.57. The van der Waals surface area contributed by atoms with Crippen LogP contribution in [0.5, 0.6) is 28.7 Å². The molecule has 2 aromatic carbocycles. The van der Waals surface area contributed by atoms with E-state index in [1.165, 1.54) is 0 Å². The maximum atomic E-state index is 11.9. The van der Waals surface area contributed by atoms with Crippen LogP contribution in [0.1, 0.15) is 55.4 Å². The molecule has 4 heterocycles. The second kappa shape index (κ2) is 16.0. The lowest BCUT2D eigenvalue weighted by molar-refractivity contribution is -0.375. The van der Waals surface area contributed by atoms with Crippen LogP contribution in [-0.2, 0) is 39.8 Å². The first-order chi connectivity index (χ1) is 24.2. The molecule has 2 aromatic rings. The number of fused-ring (bicyclic) bond motifs is 6. The van der Waals surface area contributed by atoms with Crippen LogP contribution in [0.4, 0.5) is 0 Å². The quantitative estimate of drug-likeness (QED) is 0.0644. The van der Waals surface area contributed by atoms with Gasteiger partial charge in [-0.25, -0.2) is 0 Å². The third-order valence-electron chi connectivity index (χ3n) is 8.66. The van der Waals surface area contributed by atoms with E-state index in [-0.39, 0.29) is 57.4 Å². The summed E-state index contributed by atoms with van der Waals surface area (Å²) in [5.74, 6) is 0.948. The van der Waals surface area contributed by atoms with Gasteiger partial charge in [0.05, 0.1) is 19.1 Å². The lowest BCUT2D eigenvalue weighted by Gasteiger charge is -2.42. The van der Waals surface area contributed by atoms with E-state index in [2.05, 4.69) is 13.8 Å². The van der Waals surface area contributed by atoms with Crippen LogP contribution < -0.4 is 29.6 Å². The average Bonchev–Trinajstić information content (AvgIpc) is 3.71. The van der Waals surface area contributed by atoms with Gasteiger partial charge in [0.1, 0.15) is 48.9 Å². The summed E-state index contributed by atoms with van der Waals surface area (Å²) >= 11 is 0. The number of aliphatic hydroxyl groups is 2. The number of hydrogen-bond acceptors (Lipinski definition) is 15. The largest absolute Gasteiger partial charge is 0.492 e. The number of carboxylic acid groups (broad SMARTS) is 1. The van der Waals surface area contributed by atoms with E-state index >= 15 is 0 Å². The highest BCUT2D eigenvalue weighted by Gasteiger charge is 2.49. The van der Waals surface area contributed by atoms with Crippen molar-refractivity contribution in [3.63, 3.8) is 0 Å². The number of aliphatic hydroxyl groups excluding tert-OH is 2. The van der Waals surface area contributed by atoms with Crippen molar-refractivity contribution in [2.24, 2.45) is 11.7 Å². The summed E-state index contributed by atoms with van der Waals surface area (Å²) < 4.78 is 47.0. The number of carboxylic acids is 1. The summed E-state index contributed by atoms with van der Waals surface area (Å²) in [6.45, 7) is 4.37. The second-order valence-electron chi connectivity index (χ2n) is 12.8. The van der Waals surface area contributed by atoms with Gasteiger partial charge in [0.2, 0.25) is 6.79 Å². The van der Waals surface area contributed by atoms with E-state index in [0.29, 0.717) is 29.8 Å². The number of esters is 1. The zero-order valence-corrected chi connectivity index (χ0v) is 27.8. The van der Waals surface area contributed by atoms with Gasteiger partial charge in [-0.2, -0.15) is 4.89 Å². The molecule has 1 saturated heterocycles. The molecule has 274 valence electrons. The Bertz CT molecular complexity index is 1520. The molecule has 5 N–H and O–H groups in total. The Balaban J connectivity index is 1.19. The third kappa shape index (κ3) is 7.71. The van der Waals surface area contributed by atoms with Crippen molar-refractivity contribution in [1.29, 1.82) is 0 Å². The molecule has 0 aromatic heterocycles. The number of carbonyl (C=O) groups is 2. The number of hydrogen-bond donors (Lipinski definition) is 4. The van der Waals surface area contributed by atoms with E-state index in [4.69, 9.17) is 58.5 Å². The van der Waals surface area contributed by atoms with E-state index in [1.807, 2.05) is 6.07 Å². The van der Waals surface area contributed by atoms with Gasteiger partial charge in [-0.3, -0.25) is 9.59 Å². The second-order valence-corrected chi connectivity index (χ2v) is 12.8. The van der Waals surface area contributed by atoms with Gasteiger partial charge in [-0.15, -0.1) is 0 Å². The molecule has 0 spiro atoms. The number of aliphatic carboxylic acids is 1. The SMILES string of the molecule is CC(C)Cc1c2c(cc3c1O[C@@H]1c4cc(OO[C@@H]5[C@H](OCCN)O[C@H](COC(=O)CC(=O)O)[C@@H](OCCCO)[C@@H]5O)ccc4OC[C@@H]31)OCO2. The van der Waals surface area contributed by atoms with E-state index in [9.17, 15) is 19.8 Å². The van der Waals surface area contributed by atoms with Crippen LogP contribution in [0.25, 0.3) is 0 Å². The van der Waals surface area contributed by atoms with Gasteiger partial charge in [-0.1, -0.05) is 13.8 Å². The first kappa shape index (κ1) is 35.9. The van der Waals surface area contributed by atoms with Crippen molar-refractivity contribution in [3.8, 4) is 28.7 Å². The van der Waals surface area contributed by atoms with Gasteiger partial charge in [0, 0.05) is 36.4 Å². The minimum Gasteiger partial charge on any atom is -0.492 e. The van der Waals surface area contributed by atoms with Crippen LogP contribution >= 0.6 is 0 Å². The highest BCUT2D eigenvalue weighted by molar-refractivity contribution is 5.90. The summed E-state index contributed by atoms with van der Waals surface area (Å²) in [4.78, 5) is 34.4. The summed E-state index contributed by atoms with van der Waals surface area (Å²) in [7, 11) is 0. The molecule has 7 atom stereocenters. The standard InChI is InChI=1S/C34H43NO15/c1-17(2)10-21-29-19(12-24-31(21)46-16-45-24)22-14-43-23-5-4-18(11-20(23)30(22)48-29)49-50-33-28(40)32(41-8-3-7-36)25(47-34(33)42-9-6-35)15-44-27(39)13-26(37)38/h4-5,11-12,17,22,25,28,30,32-34,36,40H,3,6-10,13-16,35H2,1-2H3,(H,37,38)/t22-,25+,28-,30+,32+,33-,34+/m0/s1. The Morgan fingerprint density at radius 2 is 1.86 bits per heavy atom. The van der Waals surface area contributed by atoms with E-state index < -0.39 is 55.7 Å². The summed E-state index contributed by atoms with van der Waals surface area (Å²) in [5, 5.41) is 29.6. The lowest BCUT2D eigenvalue weighted by atomic mass is 9.87. The van der Waals surface area contributed by atoms with Crippen LogP contribution in [0.15, 0.2) is 24.3 Å². The molecule has 0 saturated carbocycles. The molecule has 0 unspecified atom stereocenters. The average molecular weight is 706 g/mol. The Morgan fingerprint density at radius 3 is 2.62 bits per heavy atom. The fraction of sp³-hybridized carbons (Fsp3) is 0.588. The minimum absolute atomic E-state index is 0.0221. The third-order valence-corrected chi connectivity index (χ3v) is 8.66. The minimum atomic E-state index is -1.45. The Labute approximate surface area is 288 Å². The van der Waals surface area contributed by atoms with Gasteiger partial charge < -0.3 is 63.8 Å². The fourth-order valence-electron chi connectivity index (χ4n) is 6.47. The zero-order valence-electron chi connectivity index (χ0n) is 27.8. The lowest BCUT2D eigenvalue weighted by Crippen LogP contribution is -2.61. The molecule has 4 aliphatic heterocycles. The van der Waals surface area contributed by atoms with Gasteiger partial charge >= 0.3 is 11.9 Å². The number of ether oxygens (including phenoxy) is 8. The summed E-state index contributed by atoms with van der Waals surface area (Å²) in [6.07, 6.45) is -6.44. The van der Waals surface area contributed by atoms with Crippen molar-refractivity contribution in [2.45, 2.75) is 75.8 Å². The van der Waals surface area contributed by atoms with Crippen molar-refractivity contribution in [1.82, 2.24) is 0 Å². The molecule has 0 radical (unpaired) electrons. The van der Waals surface area contributed by atoms with Crippen molar-refractivity contribution >= 4 is 11.9 Å². The van der Waals surface area contributed by atoms with Gasteiger partial charge in [-0.05, 0) is 43.0 Å². The van der Waals surface area contributed by atoms with Gasteiger partial charge in [0.25, 0.3) is 0 Å². The maximum Gasteiger partial charge on any atom is 0.317 e. The number of nitrogens with two attached hydrogens (primary N) is 1. The topological polar surface area (TPSA) is 213 Å². The Morgan fingerprint density at radius 1 is 1.02 bits per heavy atom. The molecular weight excluding hydrogens is 662 g/mol. The predicted octanol–water partition coefficient (Wildman–Crippen LogP) is 1.75. The molecule has 1 fully saturated rings. The van der Waals surface area contributed by atoms with Crippen molar-refractivity contribution in [3.05, 3.63) is 41.0 Å². The normalized spacial score (nSPS) is 26.0. The van der Waals surface area contributed by atoms with Crippen LogP contribution in [0, 0.1) is 5.92 Å². The molecular formula is C34H43NO15. The van der Waals surface area contributed by atoms with Crippen LogP contribution in [-0.4, -0.2) is 104 Å². The number of benzene rings is 2. The highest BCUT2D eigenvalue weighted by atomic mass is 17.2. The number of rotatable bonds is 16. The van der Waals surface area contributed by atoms with E-state index in [0.717, 1.165) is 28.9 Å². The monoisotopic (exact) mass is 705 g/mol. The zero-order chi connectivity index (χ0) is 35.4. The van der Waals surface area contributed by atoms with E-state index in [1.54, 1.807) is 18.2 Å². The molecule has 50 heavy (non-hydrogen) atoms. The number of carbonyl (C=O) groups excluding carboxylic acids is 1. The predicted molar refractivity (Wildman–Crippen MR) is 169 cm³/mol. The maximum absolute atomic E-state index is 11.9. The van der Waals surface area contributed by atoms with Crippen LogP contribution in [0.3, 0.4) is 0 Å². The van der Waals surface area contributed by atoms with Crippen LogP contribution in [0.2, 0.25) is 0 Å². The molecule has 4 aliphatic rings. The molecule has 0 bridgehead atoms. The Hall–Kier alpha value is -3.90. The van der Waals surface area contributed by atoms with Gasteiger partial charge in [0.15, 0.2) is 29.6 Å². The molecule has 6 rings (SSSR count). The molecule has 16 nitrogen and oxygen atoms in total. The summed E-state index contributed by atoms with van der Waals surface area (Å²) in [5.41, 5.74) is 8.35. The smallest absolute Gasteiger partial charge is 0.317 e. The Kier molecular flexibility index (Phi) is 11.5. The molecule has 0 aliphatic carbocycles. The summed E-state index contributed by atoms with van der Waals surface area (Å²) in [6, 6.07) is 7.10. The van der Waals surface area contributed by atoms with Crippen molar-refractivity contribution < 1.29 is 72.6 Å². The van der Waals surface area contributed by atoms with Crippen molar-refractivity contribution in [2.75, 3.05) is 46.4 Å².